The van der Waals surface area contributed by atoms with Gasteiger partial charge in [-0.2, -0.15) is 0 Å². The molecule has 34 heavy (non-hydrogen) atoms. The molecule has 2 aromatic carbocycles. The van der Waals surface area contributed by atoms with Crippen LogP contribution in [0.5, 0.6) is 11.5 Å². The fourth-order valence-electron chi connectivity index (χ4n) is 3.98. The maximum atomic E-state index is 13.2. The first kappa shape index (κ1) is 23.9. The van der Waals surface area contributed by atoms with Crippen LogP contribution in [0.2, 0.25) is 5.02 Å². The molecule has 1 aromatic heterocycles. The van der Waals surface area contributed by atoms with Gasteiger partial charge in [0.1, 0.15) is 0 Å². The predicted molar refractivity (Wildman–Crippen MR) is 136 cm³/mol. The molecule has 6 nitrogen and oxygen atoms in total. The molecular weight excluding hydrogens is 472 g/mol. The fourth-order valence-corrected chi connectivity index (χ4v) is 5.16. The van der Waals surface area contributed by atoms with Gasteiger partial charge in [0.15, 0.2) is 11.5 Å². The second-order valence-corrected chi connectivity index (χ2v) is 9.29. The van der Waals surface area contributed by atoms with Crippen LogP contribution in [0.4, 0.5) is 5.69 Å². The van der Waals surface area contributed by atoms with Gasteiger partial charge in [-0.05, 0) is 71.8 Å². The Labute approximate surface area is 207 Å². The number of benzene rings is 2. The number of methoxy groups -OCH3 is 2. The summed E-state index contributed by atoms with van der Waals surface area (Å²) in [6.07, 6.45) is 3.92. The van der Waals surface area contributed by atoms with Gasteiger partial charge in [-0.3, -0.25) is 9.59 Å². The van der Waals surface area contributed by atoms with Crippen molar-refractivity contribution in [3.8, 4) is 11.5 Å². The zero-order valence-corrected chi connectivity index (χ0v) is 20.8. The van der Waals surface area contributed by atoms with Crippen molar-refractivity contribution in [3.63, 3.8) is 0 Å². The lowest BCUT2D eigenvalue weighted by Crippen LogP contribution is -2.35. The number of ether oxygens (including phenoxy) is 2. The largest absolute Gasteiger partial charge is 0.493 e. The average Bonchev–Trinajstić information content (AvgIpc) is 3.31. The summed E-state index contributed by atoms with van der Waals surface area (Å²) < 4.78 is 10.5. The van der Waals surface area contributed by atoms with Crippen molar-refractivity contribution >= 4 is 46.5 Å². The van der Waals surface area contributed by atoms with Crippen molar-refractivity contribution in [3.05, 3.63) is 80.0 Å². The Morgan fingerprint density at radius 2 is 2.00 bits per heavy atom. The lowest BCUT2D eigenvalue weighted by molar-refractivity contribution is -0.111. The molecule has 2 amide bonds. The molecule has 0 radical (unpaired) electrons. The number of thiophene rings is 1. The van der Waals surface area contributed by atoms with E-state index in [-0.39, 0.29) is 11.8 Å². The molecule has 8 heteroatoms. The molecule has 0 unspecified atom stereocenters. The summed E-state index contributed by atoms with van der Waals surface area (Å²) in [5, 5.41) is 5.33. The van der Waals surface area contributed by atoms with E-state index in [0.29, 0.717) is 46.4 Å². The molecule has 1 N–H and O–H groups in total. The van der Waals surface area contributed by atoms with Gasteiger partial charge < -0.3 is 19.7 Å². The number of hydrogen-bond donors (Lipinski definition) is 1. The second-order valence-electron chi connectivity index (χ2n) is 7.88. The van der Waals surface area contributed by atoms with Crippen molar-refractivity contribution < 1.29 is 19.1 Å². The van der Waals surface area contributed by atoms with E-state index in [4.69, 9.17) is 21.1 Å². The van der Waals surface area contributed by atoms with Crippen molar-refractivity contribution in [2.45, 2.75) is 19.9 Å². The van der Waals surface area contributed by atoms with E-state index in [1.165, 1.54) is 30.7 Å². The first-order chi connectivity index (χ1) is 16.4. The van der Waals surface area contributed by atoms with Crippen LogP contribution in [0.3, 0.4) is 0 Å². The molecule has 176 valence electrons. The smallest absolute Gasteiger partial charge is 0.254 e. The minimum absolute atomic E-state index is 0.0269. The van der Waals surface area contributed by atoms with Crippen LogP contribution in [0.25, 0.3) is 6.08 Å². The number of halogens is 1. The number of amides is 2. The molecular formula is C26H25ClN2O4S. The SMILES string of the molecule is COc1cc(/C=C/C(=O)Nc2cccc(C(=O)N3CCc4sccc4C3)c2C)cc(Cl)c1OC. The van der Waals surface area contributed by atoms with Crippen LogP contribution < -0.4 is 14.8 Å². The van der Waals surface area contributed by atoms with Gasteiger partial charge in [0.05, 0.1) is 19.2 Å². The number of rotatable bonds is 6. The molecule has 0 spiro atoms. The van der Waals surface area contributed by atoms with E-state index in [2.05, 4.69) is 16.8 Å². The molecule has 0 aliphatic carbocycles. The van der Waals surface area contributed by atoms with Gasteiger partial charge in [-0.25, -0.2) is 0 Å². The summed E-state index contributed by atoms with van der Waals surface area (Å²) in [4.78, 5) is 29.0. The number of nitrogens with zero attached hydrogens (tertiary/aromatic N) is 1. The number of nitrogens with one attached hydrogen (secondary N) is 1. The quantitative estimate of drug-likeness (QED) is 0.452. The van der Waals surface area contributed by atoms with Gasteiger partial charge in [0.25, 0.3) is 5.91 Å². The number of hydrogen-bond acceptors (Lipinski definition) is 5. The van der Waals surface area contributed by atoms with E-state index in [1.54, 1.807) is 47.7 Å². The lowest BCUT2D eigenvalue weighted by Gasteiger charge is -2.28. The van der Waals surface area contributed by atoms with Crippen molar-refractivity contribution in [1.29, 1.82) is 0 Å². The van der Waals surface area contributed by atoms with Crippen molar-refractivity contribution in [2.24, 2.45) is 0 Å². The van der Waals surface area contributed by atoms with Gasteiger partial charge >= 0.3 is 0 Å². The third-order valence-corrected chi connectivity index (χ3v) is 7.10. The minimum Gasteiger partial charge on any atom is -0.493 e. The number of fused-ring (bicyclic) bond motifs is 1. The zero-order chi connectivity index (χ0) is 24.2. The fraction of sp³-hybridized carbons (Fsp3) is 0.231. The average molecular weight is 497 g/mol. The molecule has 2 heterocycles. The van der Waals surface area contributed by atoms with Crippen LogP contribution in [-0.2, 0) is 17.8 Å². The van der Waals surface area contributed by atoms with Crippen LogP contribution in [0.15, 0.2) is 47.9 Å². The number of carbonyl (C=O) groups excluding carboxylic acids is 2. The highest BCUT2D eigenvalue weighted by Crippen LogP contribution is 2.36. The highest BCUT2D eigenvalue weighted by molar-refractivity contribution is 7.10. The predicted octanol–water partition coefficient (Wildman–Crippen LogP) is 5.58. The first-order valence-electron chi connectivity index (χ1n) is 10.8. The molecule has 0 atom stereocenters. The monoisotopic (exact) mass is 496 g/mol. The van der Waals surface area contributed by atoms with Gasteiger partial charge in [0, 0.05) is 35.3 Å². The van der Waals surface area contributed by atoms with Gasteiger partial charge in [-0.1, -0.05) is 17.7 Å². The second kappa shape index (κ2) is 10.3. The molecule has 0 fully saturated rings. The summed E-state index contributed by atoms with van der Waals surface area (Å²) in [6, 6.07) is 10.9. The van der Waals surface area contributed by atoms with Gasteiger partial charge in [0.2, 0.25) is 5.91 Å². The summed E-state index contributed by atoms with van der Waals surface area (Å²) in [6.45, 7) is 3.16. The van der Waals surface area contributed by atoms with Crippen molar-refractivity contribution in [1.82, 2.24) is 4.90 Å². The van der Waals surface area contributed by atoms with E-state index in [1.807, 2.05) is 11.8 Å². The molecule has 0 saturated carbocycles. The van der Waals surface area contributed by atoms with E-state index in [9.17, 15) is 9.59 Å². The topological polar surface area (TPSA) is 67.9 Å². The zero-order valence-electron chi connectivity index (χ0n) is 19.2. The maximum absolute atomic E-state index is 13.2. The van der Waals surface area contributed by atoms with Gasteiger partial charge in [-0.15, -0.1) is 11.3 Å². The van der Waals surface area contributed by atoms with E-state index in [0.717, 1.165) is 12.0 Å². The van der Waals surface area contributed by atoms with Crippen LogP contribution in [0, 0.1) is 6.92 Å². The standard InChI is InChI=1S/C26H25ClN2O4S/c1-16-19(26(31)29-11-9-23-18(15-29)10-12-34-23)5-4-6-21(16)28-24(30)8-7-17-13-20(27)25(33-3)22(14-17)32-2/h4-8,10,12-14H,9,11,15H2,1-3H3,(H,28,30)/b8-7+. The summed E-state index contributed by atoms with van der Waals surface area (Å²) in [5.74, 6) is 0.566. The third-order valence-electron chi connectivity index (χ3n) is 5.80. The maximum Gasteiger partial charge on any atom is 0.254 e. The minimum atomic E-state index is -0.320. The highest BCUT2D eigenvalue weighted by Gasteiger charge is 2.24. The Hall–Kier alpha value is -3.29. The first-order valence-corrected chi connectivity index (χ1v) is 12.0. The molecule has 3 aromatic rings. The van der Waals surface area contributed by atoms with Crippen LogP contribution in [-0.4, -0.2) is 37.5 Å². The number of carbonyl (C=O) groups is 2. The highest BCUT2D eigenvalue weighted by atomic mass is 35.5. The normalized spacial score (nSPS) is 13.0. The molecule has 1 aliphatic heterocycles. The molecule has 0 bridgehead atoms. The molecule has 1 aliphatic rings. The lowest BCUT2D eigenvalue weighted by atomic mass is 10.0. The summed E-state index contributed by atoms with van der Waals surface area (Å²) in [7, 11) is 3.03. The summed E-state index contributed by atoms with van der Waals surface area (Å²) >= 11 is 7.98. The Morgan fingerprint density at radius 1 is 1.18 bits per heavy atom. The summed E-state index contributed by atoms with van der Waals surface area (Å²) in [5.41, 5.74) is 3.83. The molecule has 0 saturated heterocycles. The Balaban J connectivity index is 1.47. The Morgan fingerprint density at radius 3 is 2.76 bits per heavy atom. The third kappa shape index (κ3) is 4.95. The van der Waals surface area contributed by atoms with Crippen molar-refractivity contribution in [2.75, 3.05) is 26.1 Å². The van der Waals surface area contributed by atoms with E-state index < -0.39 is 0 Å². The van der Waals surface area contributed by atoms with Crippen LogP contribution >= 0.6 is 22.9 Å². The Bertz CT molecular complexity index is 1270. The Kier molecular flexibility index (Phi) is 7.24. The van der Waals surface area contributed by atoms with E-state index >= 15 is 0 Å². The molecule has 4 rings (SSSR count). The van der Waals surface area contributed by atoms with Crippen LogP contribution in [0.1, 0.15) is 31.9 Å². The number of anilines is 1.